The SMILES string of the molecule is COc1ccc(-c2cnc(-c3cnc(-c4cc(OC)c(OC)c(OC)c4)c(C)c3)c(C=Cc3ccccc3)c2)cc1OC. The molecule has 0 unspecified atom stereocenters. The van der Waals surface area contributed by atoms with Gasteiger partial charge in [-0.25, -0.2) is 0 Å². The molecule has 0 saturated heterocycles. The van der Waals surface area contributed by atoms with Crippen molar-refractivity contribution in [3.05, 3.63) is 102 Å². The van der Waals surface area contributed by atoms with Crippen molar-refractivity contribution < 1.29 is 23.7 Å². The van der Waals surface area contributed by atoms with E-state index in [0.29, 0.717) is 28.7 Å². The van der Waals surface area contributed by atoms with Crippen LogP contribution < -0.4 is 23.7 Å². The topological polar surface area (TPSA) is 71.9 Å². The number of aromatic nitrogens is 2. The number of ether oxygens (including phenoxy) is 5. The molecular weight excluding hydrogens is 540 g/mol. The lowest BCUT2D eigenvalue weighted by molar-refractivity contribution is 0.324. The van der Waals surface area contributed by atoms with E-state index >= 15 is 0 Å². The summed E-state index contributed by atoms with van der Waals surface area (Å²) in [6, 6.07) is 24.1. The first-order valence-corrected chi connectivity index (χ1v) is 13.7. The fourth-order valence-corrected chi connectivity index (χ4v) is 5.00. The Morgan fingerprint density at radius 1 is 0.512 bits per heavy atom. The molecule has 3 aromatic carbocycles. The zero-order valence-corrected chi connectivity index (χ0v) is 25.2. The van der Waals surface area contributed by atoms with E-state index in [4.69, 9.17) is 33.7 Å². The Balaban J connectivity index is 1.59. The van der Waals surface area contributed by atoms with Crippen molar-refractivity contribution in [1.29, 1.82) is 0 Å². The van der Waals surface area contributed by atoms with Crippen LogP contribution in [0.2, 0.25) is 0 Å². The Labute approximate surface area is 252 Å². The van der Waals surface area contributed by atoms with Gasteiger partial charge in [0.2, 0.25) is 5.75 Å². The van der Waals surface area contributed by atoms with E-state index < -0.39 is 0 Å². The van der Waals surface area contributed by atoms with Crippen LogP contribution in [0, 0.1) is 6.92 Å². The molecular formula is C36H34N2O5. The van der Waals surface area contributed by atoms with Crippen LogP contribution in [0.25, 0.3) is 45.8 Å². The maximum absolute atomic E-state index is 5.56. The molecule has 0 aliphatic carbocycles. The molecule has 7 heteroatoms. The maximum atomic E-state index is 5.56. The van der Waals surface area contributed by atoms with Crippen molar-refractivity contribution in [1.82, 2.24) is 9.97 Å². The molecule has 5 aromatic rings. The van der Waals surface area contributed by atoms with E-state index in [1.807, 2.05) is 67.8 Å². The van der Waals surface area contributed by atoms with E-state index in [2.05, 4.69) is 36.4 Å². The molecule has 7 nitrogen and oxygen atoms in total. The second-order valence-corrected chi connectivity index (χ2v) is 9.78. The Hall–Kier alpha value is -5.30. The number of benzene rings is 3. The summed E-state index contributed by atoms with van der Waals surface area (Å²) in [6.45, 7) is 2.03. The first-order chi connectivity index (χ1) is 21.0. The zero-order chi connectivity index (χ0) is 30.3. The minimum absolute atomic E-state index is 0.539. The van der Waals surface area contributed by atoms with Crippen molar-refractivity contribution in [2.45, 2.75) is 6.92 Å². The molecule has 0 aliphatic rings. The molecule has 0 radical (unpaired) electrons. The molecule has 0 atom stereocenters. The van der Waals surface area contributed by atoms with Gasteiger partial charge in [-0.2, -0.15) is 0 Å². The van der Waals surface area contributed by atoms with E-state index in [0.717, 1.165) is 50.3 Å². The van der Waals surface area contributed by atoms with Gasteiger partial charge < -0.3 is 23.7 Å². The van der Waals surface area contributed by atoms with Crippen LogP contribution in [0.5, 0.6) is 28.7 Å². The van der Waals surface area contributed by atoms with Gasteiger partial charge in [-0.15, -0.1) is 0 Å². The third-order valence-electron chi connectivity index (χ3n) is 7.18. The number of hydrogen-bond donors (Lipinski definition) is 0. The highest BCUT2D eigenvalue weighted by molar-refractivity contribution is 5.83. The van der Waals surface area contributed by atoms with Gasteiger partial charge >= 0.3 is 0 Å². The average molecular weight is 575 g/mol. The third kappa shape index (κ3) is 6.16. The largest absolute Gasteiger partial charge is 0.493 e. The second-order valence-electron chi connectivity index (χ2n) is 9.78. The fourth-order valence-electron chi connectivity index (χ4n) is 5.00. The van der Waals surface area contributed by atoms with Gasteiger partial charge in [0.15, 0.2) is 23.0 Å². The summed E-state index contributed by atoms with van der Waals surface area (Å²) in [7, 11) is 8.06. The number of nitrogens with zero attached hydrogens (tertiary/aromatic N) is 2. The highest BCUT2D eigenvalue weighted by Gasteiger charge is 2.17. The van der Waals surface area contributed by atoms with Crippen LogP contribution >= 0.6 is 0 Å². The average Bonchev–Trinajstić information content (AvgIpc) is 3.06. The van der Waals surface area contributed by atoms with Crippen molar-refractivity contribution in [3.8, 4) is 62.4 Å². The van der Waals surface area contributed by atoms with E-state index in [1.54, 1.807) is 35.5 Å². The maximum Gasteiger partial charge on any atom is 0.203 e. The zero-order valence-electron chi connectivity index (χ0n) is 25.2. The van der Waals surface area contributed by atoms with Gasteiger partial charge in [-0.1, -0.05) is 48.6 Å². The first kappa shape index (κ1) is 29.2. The Morgan fingerprint density at radius 3 is 1.77 bits per heavy atom. The Kier molecular flexibility index (Phi) is 8.91. The second kappa shape index (κ2) is 13.1. The molecule has 0 aliphatic heterocycles. The summed E-state index contributed by atoms with van der Waals surface area (Å²) in [5, 5.41) is 0. The monoisotopic (exact) mass is 574 g/mol. The summed E-state index contributed by atoms with van der Waals surface area (Å²) >= 11 is 0. The van der Waals surface area contributed by atoms with Crippen LogP contribution in [-0.4, -0.2) is 45.5 Å². The fraction of sp³-hybridized carbons (Fsp3) is 0.167. The van der Waals surface area contributed by atoms with Crippen LogP contribution in [0.3, 0.4) is 0 Å². The lowest BCUT2D eigenvalue weighted by Crippen LogP contribution is -1.98. The van der Waals surface area contributed by atoms with Gasteiger partial charge in [0.25, 0.3) is 0 Å². The third-order valence-corrected chi connectivity index (χ3v) is 7.18. The predicted octanol–water partition coefficient (Wildman–Crippen LogP) is 8.00. The number of rotatable bonds is 10. The molecule has 5 rings (SSSR count). The highest BCUT2D eigenvalue weighted by Crippen LogP contribution is 2.42. The van der Waals surface area contributed by atoms with Crippen molar-refractivity contribution in [2.75, 3.05) is 35.5 Å². The predicted molar refractivity (Wildman–Crippen MR) is 171 cm³/mol. The molecule has 0 spiro atoms. The molecule has 0 fully saturated rings. The van der Waals surface area contributed by atoms with Gasteiger partial charge in [0.1, 0.15) is 0 Å². The van der Waals surface area contributed by atoms with Gasteiger partial charge in [-0.05, 0) is 60.0 Å². The molecule has 0 N–H and O–H groups in total. The molecule has 2 aromatic heterocycles. The van der Waals surface area contributed by atoms with E-state index in [9.17, 15) is 0 Å². The van der Waals surface area contributed by atoms with Crippen LogP contribution in [0.15, 0.2) is 85.2 Å². The molecule has 0 amide bonds. The van der Waals surface area contributed by atoms with Crippen molar-refractivity contribution in [3.63, 3.8) is 0 Å². The van der Waals surface area contributed by atoms with Gasteiger partial charge in [0.05, 0.1) is 46.9 Å². The smallest absolute Gasteiger partial charge is 0.203 e. The van der Waals surface area contributed by atoms with Crippen molar-refractivity contribution >= 4 is 12.2 Å². The van der Waals surface area contributed by atoms with Crippen LogP contribution in [0.4, 0.5) is 0 Å². The summed E-state index contributed by atoms with van der Waals surface area (Å²) in [5.74, 6) is 3.02. The quantitative estimate of drug-likeness (QED) is 0.167. The molecule has 218 valence electrons. The summed E-state index contributed by atoms with van der Waals surface area (Å²) in [4.78, 5) is 9.80. The Bertz CT molecular complexity index is 1740. The molecule has 0 bridgehead atoms. The van der Waals surface area contributed by atoms with Crippen molar-refractivity contribution in [2.24, 2.45) is 0 Å². The van der Waals surface area contributed by atoms with Crippen LogP contribution in [0.1, 0.15) is 16.7 Å². The molecule has 43 heavy (non-hydrogen) atoms. The number of hydrogen-bond acceptors (Lipinski definition) is 7. The minimum Gasteiger partial charge on any atom is -0.493 e. The number of methoxy groups -OCH3 is 5. The van der Waals surface area contributed by atoms with Gasteiger partial charge in [0, 0.05) is 34.6 Å². The summed E-state index contributed by atoms with van der Waals surface area (Å²) in [5.41, 5.74) is 8.36. The number of pyridine rings is 2. The first-order valence-electron chi connectivity index (χ1n) is 13.7. The number of aryl methyl sites for hydroxylation is 1. The molecule has 2 heterocycles. The lowest BCUT2D eigenvalue weighted by Gasteiger charge is -2.15. The standard InChI is InChI=1S/C36H34N2O5/c1-23-16-29(22-37-34(23)27-19-32(41-4)36(43-6)33(20-27)42-5)35-26(13-12-24-10-8-7-9-11-24)17-28(21-38-35)25-14-15-30(39-2)31(18-25)40-3/h7-22H,1-6H3. The highest BCUT2D eigenvalue weighted by atomic mass is 16.5. The molecule has 0 saturated carbocycles. The van der Waals surface area contributed by atoms with E-state index in [1.165, 1.54) is 0 Å². The summed E-state index contributed by atoms with van der Waals surface area (Å²) in [6.07, 6.45) is 7.90. The normalized spacial score (nSPS) is 10.9. The van der Waals surface area contributed by atoms with Crippen LogP contribution in [-0.2, 0) is 0 Å². The van der Waals surface area contributed by atoms with Gasteiger partial charge in [-0.3, -0.25) is 9.97 Å². The summed E-state index contributed by atoms with van der Waals surface area (Å²) < 4.78 is 27.6. The lowest BCUT2D eigenvalue weighted by atomic mass is 9.98. The minimum atomic E-state index is 0.539. The van der Waals surface area contributed by atoms with E-state index in [-0.39, 0.29) is 0 Å². The Morgan fingerprint density at radius 2 is 1.14 bits per heavy atom.